The van der Waals surface area contributed by atoms with E-state index in [1.807, 2.05) is 24.3 Å². The highest BCUT2D eigenvalue weighted by Gasteiger charge is 2.09. The van der Waals surface area contributed by atoms with Crippen molar-refractivity contribution in [2.24, 2.45) is 5.73 Å². The summed E-state index contributed by atoms with van der Waals surface area (Å²) in [6, 6.07) is 9.66. The Kier molecular flexibility index (Phi) is 6.66. The Bertz CT molecular complexity index is 756. The average Bonchev–Trinajstić information content (AvgIpc) is 2.42. The molecule has 0 saturated heterocycles. The predicted octanol–water partition coefficient (Wildman–Crippen LogP) is 3.01. The van der Waals surface area contributed by atoms with E-state index in [1.165, 1.54) is 6.07 Å². The summed E-state index contributed by atoms with van der Waals surface area (Å²) < 4.78 is 1.61. The van der Waals surface area contributed by atoms with Crippen molar-refractivity contribution in [3.63, 3.8) is 0 Å². The van der Waals surface area contributed by atoms with Crippen molar-refractivity contribution in [2.45, 2.75) is 26.4 Å². The number of anilines is 1. The van der Waals surface area contributed by atoms with Gasteiger partial charge >= 0.3 is 0 Å². The van der Waals surface area contributed by atoms with Gasteiger partial charge in [-0.15, -0.1) is 12.4 Å². The zero-order valence-electron chi connectivity index (χ0n) is 13.0. The van der Waals surface area contributed by atoms with Crippen LogP contribution in [-0.4, -0.2) is 16.5 Å². The van der Waals surface area contributed by atoms with Gasteiger partial charge < -0.3 is 15.6 Å². The Balaban J connectivity index is 0.00000264. The van der Waals surface area contributed by atoms with Gasteiger partial charge in [-0.25, -0.2) is 0 Å². The number of nitrogens with two attached hydrogens (primary N) is 1. The topological polar surface area (TPSA) is 83.9 Å². The first-order valence-electron chi connectivity index (χ1n) is 6.96. The fourth-order valence-electron chi connectivity index (χ4n) is 2.21. The Morgan fingerprint density at radius 2 is 2.09 bits per heavy atom. The molecule has 0 unspecified atom stereocenters. The number of pyridine rings is 1. The normalized spacial score (nSPS) is 10.3. The van der Waals surface area contributed by atoms with Gasteiger partial charge in [0.2, 0.25) is 0 Å². The number of benzene rings is 1. The van der Waals surface area contributed by atoms with Crippen LogP contribution in [0.1, 0.15) is 29.8 Å². The molecule has 5 nitrogen and oxygen atoms in total. The molecule has 2 rings (SSSR count). The van der Waals surface area contributed by atoms with E-state index in [0.29, 0.717) is 17.6 Å². The molecule has 1 amide bonds. The summed E-state index contributed by atoms with van der Waals surface area (Å²) in [5.41, 5.74) is 7.47. The molecule has 124 valence electrons. The number of rotatable bonds is 5. The van der Waals surface area contributed by atoms with Crippen LogP contribution < -0.4 is 16.5 Å². The Morgan fingerprint density at radius 3 is 2.70 bits per heavy atom. The Morgan fingerprint density at radius 1 is 1.39 bits per heavy atom. The number of hydrogen-bond donors (Lipinski definition) is 3. The second-order valence-corrected chi connectivity index (χ2v) is 5.85. The molecule has 4 N–H and O–H groups in total. The van der Waals surface area contributed by atoms with E-state index < -0.39 is 5.91 Å². The van der Waals surface area contributed by atoms with Gasteiger partial charge in [0.15, 0.2) is 0 Å². The van der Waals surface area contributed by atoms with Crippen LogP contribution in [-0.2, 0) is 6.54 Å². The fourth-order valence-corrected chi connectivity index (χ4v) is 2.44. The second-order valence-electron chi connectivity index (χ2n) is 5.41. The average molecular weight is 355 g/mol. The van der Waals surface area contributed by atoms with Crippen molar-refractivity contribution in [1.29, 1.82) is 5.41 Å². The largest absolute Gasteiger partial charge is 0.383 e. The Hall–Kier alpha value is -1.98. The number of nitrogens with zero attached hydrogens (tertiary/aromatic N) is 1. The molecule has 0 bridgehead atoms. The lowest BCUT2D eigenvalue weighted by atomic mass is 10.1. The molecule has 0 radical (unpaired) electrons. The third kappa shape index (κ3) is 5.01. The standard InChI is InChI=1S/C16H19ClN4O.ClH/c1-10(2)20-13-5-3-4-11(6-13)8-21-9-12(17)7-14(15(21)18)16(19)22;/h3-7,9-10,18,20H,8H2,1-2H3,(H2,19,22);1H. The lowest BCUT2D eigenvalue weighted by molar-refractivity contribution is 0.0998. The summed E-state index contributed by atoms with van der Waals surface area (Å²) in [5.74, 6) is -0.656. The van der Waals surface area contributed by atoms with Crippen LogP contribution in [0.25, 0.3) is 0 Å². The van der Waals surface area contributed by atoms with E-state index in [0.717, 1.165) is 11.3 Å². The molecule has 1 heterocycles. The molecular formula is C16H20Cl2N4O. The van der Waals surface area contributed by atoms with Gasteiger partial charge in [-0.1, -0.05) is 23.7 Å². The highest BCUT2D eigenvalue weighted by Crippen LogP contribution is 2.14. The highest BCUT2D eigenvalue weighted by molar-refractivity contribution is 6.30. The number of carbonyl (C=O) groups excluding carboxylic acids is 1. The summed E-state index contributed by atoms with van der Waals surface area (Å²) in [6.07, 6.45) is 1.62. The zero-order valence-corrected chi connectivity index (χ0v) is 14.5. The molecule has 1 aromatic carbocycles. The van der Waals surface area contributed by atoms with Crippen molar-refractivity contribution in [2.75, 3.05) is 5.32 Å². The summed E-state index contributed by atoms with van der Waals surface area (Å²) in [6.45, 7) is 4.58. The third-order valence-electron chi connectivity index (χ3n) is 3.10. The molecule has 0 spiro atoms. The van der Waals surface area contributed by atoms with E-state index in [9.17, 15) is 4.79 Å². The van der Waals surface area contributed by atoms with E-state index in [1.54, 1.807) is 10.8 Å². The van der Waals surface area contributed by atoms with Gasteiger partial charge in [-0.3, -0.25) is 10.2 Å². The molecule has 0 fully saturated rings. The van der Waals surface area contributed by atoms with E-state index in [4.69, 9.17) is 22.7 Å². The van der Waals surface area contributed by atoms with Crippen LogP contribution in [0.4, 0.5) is 5.69 Å². The number of halogens is 2. The SMILES string of the molecule is CC(C)Nc1cccc(Cn2cc(Cl)cc(C(N)=O)c2=N)c1.Cl. The maximum Gasteiger partial charge on any atom is 0.252 e. The first kappa shape index (κ1) is 19.1. The predicted molar refractivity (Wildman–Crippen MR) is 95.4 cm³/mol. The minimum atomic E-state index is -0.656. The van der Waals surface area contributed by atoms with Crippen molar-refractivity contribution < 1.29 is 4.79 Å². The van der Waals surface area contributed by atoms with Crippen LogP contribution in [0.15, 0.2) is 36.5 Å². The molecule has 1 aromatic heterocycles. The summed E-state index contributed by atoms with van der Waals surface area (Å²) in [4.78, 5) is 11.4. The maximum absolute atomic E-state index is 11.4. The number of primary amides is 1. The number of aromatic nitrogens is 1. The minimum absolute atomic E-state index is 0. The summed E-state index contributed by atoms with van der Waals surface area (Å²) >= 11 is 6.01. The molecule has 0 aliphatic carbocycles. The van der Waals surface area contributed by atoms with Gasteiger partial charge in [-0.05, 0) is 37.6 Å². The molecular weight excluding hydrogens is 335 g/mol. The van der Waals surface area contributed by atoms with Crippen molar-refractivity contribution in [3.05, 3.63) is 58.2 Å². The van der Waals surface area contributed by atoms with Crippen LogP contribution in [0.2, 0.25) is 5.02 Å². The molecule has 23 heavy (non-hydrogen) atoms. The molecule has 0 saturated carbocycles. The quantitative estimate of drug-likeness (QED) is 0.770. The van der Waals surface area contributed by atoms with Crippen LogP contribution >= 0.6 is 24.0 Å². The lowest BCUT2D eigenvalue weighted by Crippen LogP contribution is -2.29. The maximum atomic E-state index is 11.4. The number of nitrogens with one attached hydrogen (secondary N) is 2. The van der Waals surface area contributed by atoms with Crippen LogP contribution in [0.3, 0.4) is 0 Å². The van der Waals surface area contributed by atoms with Crippen molar-refractivity contribution in [3.8, 4) is 0 Å². The monoisotopic (exact) mass is 354 g/mol. The van der Waals surface area contributed by atoms with Crippen LogP contribution in [0, 0.1) is 5.41 Å². The summed E-state index contributed by atoms with van der Waals surface area (Å²) in [5, 5.41) is 11.8. The number of carbonyl (C=O) groups is 1. The Labute approximate surface area is 146 Å². The first-order chi connectivity index (χ1) is 10.4. The molecule has 0 aliphatic heterocycles. The molecule has 0 atom stereocenters. The highest BCUT2D eigenvalue weighted by atomic mass is 35.5. The smallest absolute Gasteiger partial charge is 0.252 e. The molecule has 7 heteroatoms. The van der Waals surface area contributed by atoms with Gasteiger partial charge in [0, 0.05) is 24.5 Å². The van der Waals surface area contributed by atoms with Gasteiger partial charge in [-0.2, -0.15) is 0 Å². The van der Waals surface area contributed by atoms with E-state index in [-0.39, 0.29) is 23.5 Å². The van der Waals surface area contributed by atoms with Gasteiger partial charge in [0.1, 0.15) is 5.49 Å². The number of amides is 1. The molecule has 2 aromatic rings. The van der Waals surface area contributed by atoms with E-state index in [2.05, 4.69) is 19.2 Å². The molecule has 0 aliphatic rings. The van der Waals surface area contributed by atoms with Crippen molar-refractivity contribution in [1.82, 2.24) is 4.57 Å². The summed E-state index contributed by atoms with van der Waals surface area (Å²) in [7, 11) is 0. The van der Waals surface area contributed by atoms with Gasteiger partial charge in [0.05, 0.1) is 10.6 Å². The lowest BCUT2D eigenvalue weighted by Gasteiger charge is -2.13. The second kappa shape index (κ2) is 8.04. The zero-order chi connectivity index (χ0) is 16.3. The minimum Gasteiger partial charge on any atom is -0.383 e. The van der Waals surface area contributed by atoms with Crippen LogP contribution in [0.5, 0.6) is 0 Å². The number of hydrogen-bond acceptors (Lipinski definition) is 3. The van der Waals surface area contributed by atoms with Gasteiger partial charge in [0.25, 0.3) is 5.91 Å². The van der Waals surface area contributed by atoms with E-state index >= 15 is 0 Å². The first-order valence-corrected chi connectivity index (χ1v) is 7.34. The van der Waals surface area contributed by atoms with Crippen molar-refractivity contribution >= 4 is 35.6 Å². The fraction of sp³-hybridized carbons (Fsp3) is 0.250. The third-order valence-corrected chi connectivity index (χ3v) is 3.31.